The van der Waals surface area contributed by atoms with Crippen LogP contribution in [-0.4, -0.2) is 68.8 Å². The maximum absolute atomic E-state index is 4.05. The van der Waals surface area contributed by atoms with Crippen molar-refractivity contribution in [1.82, 2.24) is 30.0 Å². The van der Waals surface area contributed by atoms with Crippen LogP contribution in [0.15, 0.2) is 0 Å². The fraction of sp³-hybridized carbons (Fsp3) is 0.909. The molecule has 2 atom stereocenters. The van der Waals surface area contributed by atoms with Crippen molar-refractivity contribution in [2.24, 2.45) is 7.05 Å². The van der Waals surface area contributed by atoms with Crippen LogP contribution < -0.4 is 0 Å². The molecule has 6 nitrogen and oxygen atoms in total. The number of piperazine rings is 1. The summed E-state index contributed by atoms with van der Waals surface area (Å²) >= 11 is 0. The molecule has 2 fully saturated rings. The summed E-state index contributed by atoms with van der Waals surface area (Å²) in [6.45, 7) is 3.53. The van der Waals surface area contributed by atoms with E-state index in [0.29, 0.717) is 0 Å². The maximum atomic E-state index is 4.05. The highest BCUT2D eigenvalue weighted by molar-refractivity contribution is 4.96. The Hall–Kier alpha value is -1.01. The molecule has 2 bridgehead atoms. The number of likely N-dealkylation sites (N-methyl/N-ethyl adjacent to an activating group) is 1. The van der Waals surface area contributed by atoms with E-state index >= 15 is 0 Å². The molecular weight excluding hydrogens is 216 g/mol. The molecule has 0 saturated carbocycles. The van der Waals surface area contributed by atoms with Crippen molar-refractivity contribution < 1.29 is 0 Å². The quantitative estimate of drug-likeness (QED) is 0.710. The van der Waals surface area contributed by atoms with E-state index in [1.54, 1.807) is 4.68 Å². The predicted octanol–water partition coefficient (Wildman–Crippen LogP) is -0.469. The monoisotopic (exact) mass is 236 g/mol. The lowest BCUT2D eigenvalue weighted by Gasteiger charge is -2.39. The van der Waals surface area contributed by atoms with Crippen molar-refractivity contribution in [2.45, 2.75) is 31.3 Å². The van der Waals surface area contributed by atoms with Gasteiger partial charge in [0.2, 0.25) is 0 Å². The van der Waals surface area contributed by atoms with Crippen LogP contribution in [0.4, 0.5) is 0 Å². The Morgan fingerprint density at radius 3 is 2.47 bits per heavy atom. The molecule has 2 aliphatic rings. The second kappa shape index (κ2) is 4.34. The molecule has 0 aliphatic carbocycles. The Balaban J connectivity index is 1.61. The highest BCUT2D eigenvalue weighted by atomic mass is 15.5. The molecule has 0 spiro atoms. The standard InChI is InChI=1S/C11H20N6/c1-15-7-9-3-4-10(8-15)17(9)6-5-11-12-13-14-16(11)2/h9-10H,3-8H2,1-2H3. The van der Waals surface area contributed by atoms with Crippen molar-refractivity contribution in [3.63, 3.8) is 0 Å². The van der Waals surface area contributed by atoms with Gasteiger partial charge in [0.1, 0.15) is 0 Å². The third-order valence-corrected chi connectivity index (χ3v) is 4.12. The Morgan fingerprint density at radius 2 is 1.88 bits per heavy atom. The van der Waals surface area contributed by atoms with Crippen molar-refractivity contribution >= 4 is 0 Å². The van der Waals surface area contributed by atoms with E-state index in [4.69, 9.17) is 0 Å². The zero-order valence-electron chi connectivity index (χ0n) is 10.6. The Kier molecular flexibility index (Phi) is 2.84. The average Bonchev–Trinajstić information content (AvgIpc) is 2.79. The number of rotatable bonds is 3. The van der Waals surface area contributed by atoms with E-state index in [1.165, 1.54) is 25.9 Å². The second-order valence-electron chi connectivity index (χ2n) is 5.31. The van der Waals surface area contributed by atoms with E-state index < -0.39 is 0 Å². The van der Waals surface area contributed by atoms with Crippen LogP contribution >= 0.6 is 0 Å². The third-order valence-electron chi connectivity index (χ3n) is 4.12. The average molecular weight is 236 g/mol. The summed E-state index contributed by atoms with van der Waals surface area (Å²) in [4.78, 5) is 5.12. The van der Waals surface area contributed by atoms with Crippen LogP contribution in [0.3, 0.4) is 0 Å². The SMILES string of the molecule is CN1CC2CCC(C1)N2CCc1nnnn1C. The first-order valence-electron chi connectivity index (χ1n) is 6.39. The lowest BCUT2D eigenvalue weighted by molar-refractivity contribution is 0.0830. The Bertz CT molecular complexity index is 375. The first-order valence-corrected chi connectivity index (χ1v) is 6.39. The van der Waals surface area contributed by atoms with Gasteiger partial charge in [0, 0.05) is 45.2 Å². The van der Waals surface area contributed by atoms with Crippen molar-refractivity contribution in [3.05, 3.63) is 5.82 Å². The molecule has 0 aromatic carbocycles. The molecule has 94 valence electrons. The lowest BCUT2D eigenvalue weighted by atomic mass is 10.2. The number of fused-ring (bicyclic) bond motifs is 2. The van der Waals surface area contributed by atoms with Gasteiger partial charge >= 0.3 is 0 Å². The summed E-state index contributed by atoms with van der Waals surface area (Å²) in [5.74, 6) is 0.989. The first kappa shape index (κ1) is 11.1. The van der Waals surface area contributed by atoms with Crippen LogP contribution in [0.1, 0.15) is 18.7 Å². The van der Waals surface area contributed by atoms with E-state index in [-0.39, 0.29) is 0 Å². The molecule has 0 radical (unpaired) electrons. The molecule has 2 unspecified atom stereocenters. The second-order valence-corrected chi connectivity index (χ2v) is 5.31. The molecule has 0 N–H and O–H groups in total. The summed E-state index contributed by atoms with van der Waals surface area (Å²) < 4.78 is 1.78. The van der Waals surface area contributed by atoms with Crippen molar-refractivity contribution in [2.75, 3.05) is 26.7 Å². The topological polar surface area (TPSA) is 50.1 Å². The fourth-order valence-corrected chi connectivity index (χ4v) is 3.25. The number of aryl methyl sites for hydroxylation is 1. The normalized spacial score (nSPS) is 30.0. The highest BCUT2D eigenvalue weighted by Gasteiger charge is 2.38. The van der Waals surface area contributed by atoms with Gasteiger partial charge in [-0.15, -0.1) is 5.10 Å². The van der Waals surface area contributed by atoms with Crippen LogP contribution in [0.5, 0.6) is 0 Å². The number of aromatic nitrogens is 4. The minimum absolute atomic E-state index is 0.750. The zero-order valence-corrected chi connectivity index (χ0v) is 10.6. The molecule has 2 saturated heterocycles. The molecule has 6 heteroatoms. The van der Waals surface area contributed by atoms with Crippen LogP contribution in [-0.2, 0) is 13.5 Å². The summed E-state index contributed by atoms with van der Waals surface area (Å²) in [6.07, 6.45) is 3.67. The molecule has 2 aliphatic heterocycles. The van der Waals surface area contributed by atoms with Gasteiger partial charge in [0.05, 0.1) is 0 Å². The van der Waals surface area contributed by atoms with Gasteiger partial charge in [0.25, 0.3) is 0 Å². The van der Waals surface area contributed by atoms with Crippen molar-refractivity contribution in [3.8, 4) is 0 Å². The molecule has 0 amide bonds. The van der Waals surface area contributed by atoms with Crippen LogP contribution in [0, 0.1) is 0 Å². The van der Waals surface area contributed by atoms with Gasteiger partial charge in [-0.25, -0.2) is 4.68 Å². The molecule has 3 rings (SSSR count). The van der Waals surface area contributed by atoms with Gasteiger partial charge in [-0.2, -0.15) is 0 Å². The Morgan fingerprint density at radius 1 is 1.18 bits per heavy atom. The van der Waals surface area contributed by atoms with Crippen LogP contribution in [0.25, 0.3) is 0 Å². The minimum Gasteiger partial charge on any atom is -0.303 e. The fourth-order valence-electron chi connectivity index (χ4n) is 3.25. The van der Waals surface area contributed by atoms with Gasteiger partial charge < -0.3 is 4.90 Å². The van der Waals surface area contributed by atoms with Crippen LogP contribution in [0.2, 0.25) is 0 Å². The van der Waals surface area contributed by atoms with Gasteiger partial charge in [-0.1, -0.05) is 0 Å². The number of likely N-dealkylation sites (tertiary alicyclic amines) is 1. The van der Waals surface area contributed by atoms with Gasteiger partial charge in [-0.05, 0) is 30.3 Å². The third kappa shape index (κ3) is 2.07. The van der Waals surface area contributed by atoms with E-state index in [2.05, 4.69) is 32.4 Å². The Labute approximate surface area is 102 Å². The minimum atomic E-state index is 0.750. The number of hydrogen-bond donors (Lipinski definition) is 0. The maximum Gasteiger partial charge on any atom is 0.152 e. The summed E-state index contributed by atoms with van der Waals surface area (Å²) in [5, 5.41) is 11.6. The molecule has 1 aromatic heterocycles. The summed E-state index contributed by atoms with van der Waals surface area (Å²) in [5.41, 5.74) is 0. The lowest BCUT2D eigenvalue weighted by Crippen LogP contribution is -2.52. The predicted molar refractivity (Wildman–Crippen MR) is 63.5 cm³/mol. The van der Waals surface area contributed by atoms with Crippen molar-refractivity contribution in [1.29, 1.82) is 0 Å². The largest absolute Gasteiger partial charge is 0.303 e. The summed E-state index contributed by atoms with van der Waals surface area (Å²) in [7, 11) is 4.14. The summed E-state index contributed by atoms with van der Waals surface area (Å²) in [6, 6.07) is 1.50. The number of tetrazole rings is 1. The number of nitrogens with zero attached hydrogens (tertiary/aromatic N) is 6. The van der Waals surface area contributed by atoms with Gasteiger partial charge in [-0.3, -0.25) is 4.90 Å². The highest BCUT2D eigenvalue weighted by Crippen LogP contribution is 2.29. The molecular formula is C11H20N6. The molecule has 1 aromatic rings. The first-order chi connectivity index (χ1) is 8.24. The van der Waals surface area contributed by atoms with E-state index in [9.17, 15) is 0 Å². The van der Waals surface area contributed by atoms with Gasteiger partial charge in [0.15, 0.2) is 5.82 Å². The van der Waals surface area contributed by atoms with E-state index in [0.717, 1.165) is 30.9 Å². The molecule has 3 heterocycles. The zero-order chi connectivity index (χ0) is 11.8. The number of hydrogen-bond acceptors (Lipinski definition) is 5. The smallest absolute Gasteiger partial charge is 0.152 e. The molecule has 17 heavy (non-hydrogen) atoms. The van der Waals surface area contributed by atoms with E-state index in [1.807, 2.05) is 7.05 Å².